The Kier molecular flexibility index (Phi) is 10.9. The van der Waals surface area contributed by atoms with E-state index in [1.165, 1.54) is 29.5 Å². The number of amides is 1. The zero-order chi connectivity index (χ0) is 29.7. The Hall–Kier alpha value is -4.02. The van der Waals surface area contributed by atoms with Crippen LogP contribution in [0.5, 0.6) is 0 Å². The Balaban J connectivity index is 1.22. The molecule has 1 saturated heterocycles. The molecule has 4 aromatic carbocycles. The highest BCUT2D eigenvalue weighted by Gasteiger charge is 2.34. The lowest BCUT2D eigenvalue weighted by Gasteiger charge is -2.37. The van der Waals surface area contributed by atoms with Crippen LogP contribution < -0.4 is 5.32 Å². The molecule has 0 atom stereocenters. The van der Waals surface area contributed by atoms with Crippen molar-refractivity contribution in [2.75, 3.05) is 26.2 Å². The maximum atomic E-state index is 13.1. The van der Waals surface area contributed by atoms with E-state index in [1.807, 2.05) is 30.3 Å². The standard InChI is InChI=1S/C39H44N2O2/c42-37(34-17-7-2-8-18-34)23-13-24-38(43)40-31-39(35-19-9-3-10-20-35,36-21-11-4-12-22-36)27-14-28-41-29-25-33(26-30-41)32-15-5-1-6-16-32/h1-12,15-22,33H,13-14,23-31H2,(H,40,43). The van der Waals surface area contributed by atoms with Crippen LogP contribution >= 0.6 is 0 Å². The topological polar surface area (TPSA) is 49.4 Å². The maximum absolute atomic E-state index is 13.1. The van der Waals surface area contributed by atoms with E-state index in [0.29, 0.717) is 37.3 Å². The highest BCUT2D eigenvalue weighted by atomic mass is 16.1. The van der Waals surface area contributed by atoms with Gasteiger partial charge in [0.2, 0.25) is 5.91 Å². The molecule has 1 N–H and O–H groups in total. The number of carbonyl (C=O) groups excluding carboxylic acids is 2. The van der Waals surface area contributed by atoms with Crippen LogP contribution in [0.3, 0.4) is 0 Å². The Morgan fingerprint density at radius 3 is 1.79 bits per heavy atom. The van der Waals surface area contributed by atoms with Crippen LogP contribution in [0, 0.1) is 0 Å². The van der Waals surface area contributed by atoms with Gasteiger partial charge in [-0.3, -0.25) is 9.59 Å². The van der Waals surface area contributed by atoms with Crippen molar-refractivity contribution in [1.29, 1.82) is 0 Å². The Morgan fingerprint density at radius 2 is 1.21 bits per heavy atom. The SMILES string of the molecule is O=C(CCCC(=O)c1ccccc1)NCC(CCCN1CCC(c2ccccc2)CC1)(c1ccccc1)c1ccccc1. The van der Waals surface area contributed by atoms with Crippen molar-refractivity contribution in [3.63, 3.8) is 0 Å². The molecule has 0 spiro atoms. The number of rotatable bonds is 14. The van der Waals surface area contributed by atoms with E-state index in [2.05, 4.69) is 101 Å². The van der Waals surface area contributed by atoms with Crippen molar-refractivity contribution in [2.45, 2.75) is 56.3 Å². The minimum absolute atomic E-state index is 0.0000771. The molecule has 1 amide bonds. The molecule has 222 valence electrons. The zero-order valence-corrected chi connectivity index (χ0v) is 25.2. The summed E-state index contributed by atoms with van der Waals surface area (Å²) >= 11 is 0. The van der Waals surface area contributed by atoms with Gasteiger partial charge in [0.1, 0.15) is 0 Å². The Labute approximate surface area is 257 Å². The van der Waals surface area contributed by atoms with Crippen molar-refractivity contribution in [1.82, 2.24) is 10.2 Å². The number of carbonyl (C=O) groups is 2. The first-order valence-corrected chi connectivity index (χ1v) is 15.9. The number of benzene rings is 4. The molecule has 1 aliphatic rings. The van der Waals surface area contributed by atoms with Crippen LogP contribution in [-0.2, 0) is 10.2 Å². The summed E-state index contributed by atoms with van der Waals surface area (Å²) in [6, 6.07) is 41.5. The molecule has 1 fully saturated rings. The van der Waals surface area contributed by atoms with Gasteiger partial charge in [-0.2, -0.15) is 0 Å². The van der Waals surface area contributed by atoms with Gasteiger partial charge in [0, 0.05) is 30.4 Å². The summed E-state index contributed by atoms with van der Waals surface area (Å²) in [4.78, 5) is 28.2. The van der Waals surface area contributed by atoms with Crippen molar-refractivity contribution in [3.8, 4) is 0 Å². The van der Waals surface area contributed by atoms with Crippen LogP contribution in [-0.4, -0.2) is 42.8 Å². The molecule has 4 nitrogen and oxygen atoms in total. The van der Waals surface area contributed by atoms with Crippen LogP contribution in [0.25, 0.3) is 0 Å². The van der Waals surface area contributed by atoms with Gasteiger partial charge in [-0.25, -0.2) is 0 Å². The smallest absolute Gasteiger partial charge is 0.220 e. The average Bonchev–Trinajstić information content (AvgIpc) is 3.08. The van der Waals surface area contributed by atoms with Gasteiger partial charge < -0.3 is 10.2 Å². The van der Waals surface area contributed by atoms with E-state index < -0.39 is 0 Å². The molecular formula is C39H44N2O2. The van der Waals surface area contributed by atoms with E-state index in [0.717, 1.165) is 32.5 Å². The second-order valence-electron chi connectivity index (χ2n) is 11.9. The highest BCUT2D eigenvalue weighted by molar-refractivity contribution is 5.96. The fourth-order valence-corrected chi connectivity index (χ4v) is 6.60. The van der Waals surface area contributed by atoms with Crippen molar-refractivity contribution in [2.24, 2.45) is 0 Å². The molecule has 1 heterocycles. The van der Waals surface area contributed by atoms with E-state index >= 15 is 0 Å². The molecule has 5 rings (SSSR count). The molecule has 0 radical (unpaired) electrons. The molecule has 4 heteroatoms. The molecule has 0 saturated carbocycles. The van der Waals surface area contributed by atoms with Crippen molar-refractivity contribution in [3.05, 3.63) is 144 Å². The number of nitrogens with zero attached hydrogens (tertiary/aromatic N) is 1. The van der Waals surface area contributed by atoms with Gasteiger partial charge in [0.05, 0.1) is 0 Å². The normalized spacial score (nSPS) is 14.3. The molecule has 43 heavy (non-hydrogen) atoms. The fraction of sp³-hybridized carbons (Fsp3) is 0.333. The predicted octanol–water partition coefficient (Wildman–Crippen LogP) is 7.80. The van der Waals surface area contributed by atoms with Gasteiger partial charge in [-0.1, -0.05) is 121 Å². The van der Waals surface area contributed by atoms with Gasteiger partial charge in [0.25, 0.3) is 0 Å². The number of hydrogen-bond donors (Lipinski definition) is 1. The quantitative estimate of drug-likeness (QED) is 0.157. The van der Waals surface area contributed by atoms with Gasteiger partial charge >= 0.3 is 0 Å². The molecule has 0 bridgehead atoms. The first kappa shape index (κ1) is 30.4. The first-order chi connectivity index (χ1) is 21.1. The number of Topliss-reactive ketones (excluding diaryl/α,β-unsaturated/α-hetero) is 1. The summed E-state index contributed by atoms with van der Waals surface area (Å²) < 4.78 is 0. The summed E-state index contributed by atoms with van der Waals surface area (Å²) in [6.45, 7) is 3.84. The van der Waals surface area contributed by atoms with Crippen LogP contribution in [0.2, 0.25) is 0 Å². The third-order valence-electron chi connectivity index (χ3n) is 9.08. The average molecular weight is 573 g/mol. The second kappa shape index (κ2) is 15.5. The number of hydrogen-bond acceptors (Lipinski definition) is 3. The molecule has 1 aliphatic heterocycles. The summed E-state index contributed by atoms with van der Waals surface area (Å²) in [7, 11) is 0. The van der Waals surface area contributed by atoms with E-state index in [1.54, 1.807) is 0 Å². The summed E-state index contributed by atoms with van der Waals surface area (Å²) in [5.74, 6) is 0.743. The van der Waals surface area contributed by atoms with Gasteiger partial charge in [-0.15, -0.1) is 0 Å². The van der Waals surface area contributed by atoms with Crippen LogP contribution in [0.4, 0.5) is 0 Å². The lowest BCUT2D eigenvalue weighted by molar-refractivity contribution is -0.121. The third kappa shape index (κ3) is 8.30. The molecule has 0 unspecified atom stereocenters. The Morgan fingerprint density at radius 1 is 0.674 bits per heavy atom. The summed E-state index contributed by atoms with van der Waals surface area (Å²) in [6.07, 6.45) is 5.65. The predicted molar refractivity (Wildman–Crippen MR) is 175 cm³/mol. The molecular weight excluding hydrogens is 528 g/mol. The lowest BCUT2D eigenvalue weighted by atomic mass is 9.71. The minimum atomic E-state index is -0.333. The van der Waals surface area contributed by atoms with Crippen LogP contribution in [0.1, 0.15) is 77.9 Å². The molecule has 0 aromatic heterocycles. The third-order valence-corrected chi connectivity index (χ3v) is 9.08. The number of piperidine rings is 1. The number of likely N-dealkylation sites (tertiary alicyclic amines) is 1. The van der Waals surface area contributed by atoms with E-state index in [4.69, 9.17) is 0 Å². The summed E-state index contributed by atoms with van der Waals surface area (Å²) in [5, 5.41) is 3.28. The van der Waals surface area contributed by atoms with Gasteiger partial charge in [-0.05, 0) is 74.3 Å². The van der Waals surface area contributed by atoms with E-state index in [-0.39, 0.29) is 17.1 Å². The minimum Gasteiger partial charge on any atom is -0.355 e. The Bertz CT molecular complexity index is 1360. The molecule has 0 aliphatic carbocycles. The molecule has 4 aromatic rings. The summed E-state index contributed by atoms with van der Waals surface area (Å²) in [5.41, 5.74) is 4.29. The van der Waals surface area contributed by atoms with Crippen molar-refractivity contribution < 1.29 is 9.59 Å². The monoisotopic (exact) mass is 572 g/mol. The second-order valence-corrected chi connectivity index (χ2v) is 11.9. The maximum Gasteiger partial charge on any atom is 0.220 e. The first-order valence-electron chi connectivity index (χ1n) is 15.9. The highest BCUT2D eigenvalue weighted by Crippen LogP contribution is 2.37. The van der Waals surface area contributed by atoms with Crippen molar-refractivity contribution >= 4 is 11.7 Å². The lowest BCUT2D eigenvalue weighted by Crippen LogP contribution is -2.42. The number of nitrogens with one attached hydrogen (secondary N) is 1. The van der Waals surface area contributed by atoms with Gasteiger partial charge in [0.15, 0.2) is 5.78 Å². The van der Waals surface area contributed by atoms with E-state index in [9.17, 15) is 9.59 Å². The fourth-order valence-electron chi connectivity index (χ4n) is 6.60. The van der Waals surface area contributed by atoms with Crippen LogP contribution in [0.15, 0.2) is 121 Å². The number of ketones is 1. The zero-order valence-electron chi connectivity index (χ0n) is 25.2. The largest absolute Gasteiger partial charge is 0.355 e.